The van der Waals surface area contributed by atoms with Gasteiger partial charge in [0, 0.05) is 31.0 Å². The predicted octanol–water partition coefficient (Wildman–Crippen LogP) is 3.35. The summed E-state index contributed by atoms with van der Waals surface area (Å²) in [5, 5.41) is 11.1. The number of fused-ring (bicyclic) bond motifs is 2. The van der Waals surface area contributed by atoms with E-state index in [1.807, 2.05) is 13.8 Å². The molecule has 3 fully saturated rings. The standard InChI is InChI=1S/C26H30FN7O5/c1-3-37-22-23(32-20-5-4-18(10-19(20)27)34-30-8-9-31-34)28-15-29-24(22)38-21-16-11-33(12-17(21)14-36-13-16)25(35)39-26(2)6-7-26/h4-5,8-10,15-17,21H,3,6-7,11-14H2,1-2H3,(H,28,29,32). The number of likely N-dealkylation sites (tertiary alicyclic amines) is 1. The van der Waals surface area contributed by atoms with Crippen LogP contribution in [0.5, 0.6) is 11.6 Å². The van der Waals surface area contributed by atoms with Crippen LogP contribution in [-0.4, -0.2) is 80.6 Å². The summed E-state index contributed by atoms with van der Waals surface area (Å²) < 4.78 is 38.8. The molecule has 3 aliphatic rings. The van der Waals surface area contributed by atoms with Gasteiger partial charge in [0.15, 0.2) is 5.82 Å². The molecule has 39 heavy (non-hydrogen) atoms. The molecule has 1 aliphatic carbocycles. The fourth-order valence-electron chi connectivity index (χ4n) is 4.93. The van der Waals surface area contributed by atoms with E-state index in [1.165, 1.54) is 29.6 Å². The predicted molar refractivity (Wildman–Crippen MR) is 136 cm³/mol. The molecule has 2 unspecified atom stereocenters. The molecule has 13 heteroatoms. The van der Waals surface area contributed by atoms with E-state index in [4.69, 9.17) is 18.9 Å². The Morgan fingerprint density at radius 1 is 1.18 bits per heavy atom. The molecule has 12 nitrogen and oxygen atoms in total. The van der Waals surface area contributed by atoms with Gasteiger partial charge in [-0.3, -0.25) is 0 Å². The Morgan fingerprint density at radius 2 is 1.92 bits per heavy atom. The third-order valence-electron chi connectivity index (χ3n) is 7.21. The third kappa shape index (κ3) is 5.31. The lowest BCUT2D eigenvalue weighted by atomic mass is 9.84. The van der Waals surface area contributed by atoms with Crippen molar-refractivity contribution in [2.24, 2.45) is 11.8 Å². The quantitative estimate of drug-likeness (QED) is 0.455. The highest BCUT2D eigenvalue weighted by atomic mass is 19.1. The monoisotopic (exact) mass is 539 g/mol. The van der Waals surface area contributed by atoms with E-state index in [1.54, 1.807) is 17.0 Å². The molecule has 206 valence electrons. The molecule has 3 aromatic rings. The van der Waals surface area contributed by atoms with Gasteiger partial charge in [0.2, 0.25) is 5.75 Å². The Labute approximate surface area is 224 Å². The van der Waals surface area contributed by atoms with Crippen molar-refractivity contribution in [3.63, 3.8) is 0 Å². The minimum atomic E-state index is -0.515. The molecule has 4 heterocycles. The van der Waals surface area contributed by atoms with Crippen LogP contribution < -0.4 is 14.8 Å². The lowest BCUT2D eigenvalue weighted by Crippen LogP contribution is -2.59. The molecular formula is C26H30FN7O5. The van der Waals surface area contributed by atoms with Crippen molar-refractivity contribution in [3.05, 3.63) is 42.7 Å². The summed E-state index contributed by atoms with van der Waals surface area (Å²) >= 11 is 0. The summed E-state index contributed by atoms with van der Waals surface area (Å²) in [6.45, 7) is 5.93. The molecule has 1 saturated carbocycles. The van der Waals surface area contributed by atoms with Crippen molar-refractivity contribution in [3.8, 4) is 17.3 Å². The summed E-state index contributed by atoms with van der Waals surface area (Å²) in [5.74, 6) is 0.137. The van der Waals surface area contributed by atoms with Crippen molar-refractivity contribution in [2.45, 2.75) is 38.4 Å². The number of piperidine rings is 1. The molecule has 6 rings (SSSR count). The summed E-state index contributed by atoms with van der Waals surface area (Å²) in [6.07, 6.45) is 5.64. The number of nitrogens with one attached hydrogen (secondary N) is 1. The molecule has 1 amide bonds. The smallest absolute Gasteiger partial charge is 0.410 e. The van der Waals surface area contributed by atoms with Crippen molar-refractivity contribution >= 4 is 17.6 Å². The fraction of sp³-hybridized carbons (Fsp3) is 0.500. The first kappa shape index (κ1) is 25.3. The van der Waals surface area contributed by atoms with Crippen LogP contribution in [0.15, 0.2) is 36.9 Å². The highest BCUT2D eigenvalue weighted by Gasteiger charge is 2.47. The first-order chi connectivity index (χ1) is 18.9. The number of hydrogen-bond acceptors (Lipinski definition) is 10. The summed E-state index contributed by atoms with van der Waals surface area (Å²) in [7, 11) is 0. The van der Waals surface area contributed by atoms with Crippen LogP contribution in [0, 0.1) is 17.7 Å². The number of aromatic nitrogens is 5. The number of benzene rings is 1. The van der Waals surface area contributed by atoms with Crippen molar-refractivity contribution in [1.82, 2.24) is 29.9 Å². The van der Waals surface area contributed by atoms with Gasteiger partial charge >= 0.3 is 6.09 Å². The second-order valence-corrected chi connectivity index (χ2v) is 10.3. The van der Waals surface area contributed by atoms with Crippen molar-refractivity contribution < 1.29 is 28.1 Å². The zero-order chi connectivity index (χ0) is 27.0. The largest absolute Gasteiger partial charge is 0.486 e. The maximum Gasteiger partial charge on any atom is 0.410 e. The molecule has 2 aliphatic heterocycles. The number of hydrogen-bond donors (Lipinski definition) is 1. The summed E-state index contributed by atoms with van der Waals surface area (Å²) in [5.41, 5.74) is 0.343. The first-order valence-corrected chi connectivity index (χ1v) is 13.1. The number of amides is 1. The van der Waals surface area contributed by atoms with Gasteiger partial charge in [-0.2, -0.15) is 20.0 Å². The van der Waals surface area contributed by atoms with E-state index in [0.29, 0.717) is 38.6 Å². The molecule has 1 N–H and O–H groups in total. The normalized spacial score (nSPS) is 23.2. The average Bonchev–Trinajstić information content (AvgIpc) is 3.38. The van der Waals surface area contributed by atoms with Crippen LogP contribution in [0.25, 0.3) is 5.69 Å². The zero-order valence-corrected chi connectivity index (χ0v) is 21.7. The van der Waals surface area contributed by atoms with Gasteiger partial charge in [-0.05, 0) is 38.8 Å². The van der Waals surface area contributed by atoms with Gasteiger partial charge in [0.1, 0.15) is 23.8 Å². The minimum absolute atomic E-state index is 0.0706. The maximum atomic E-state index is 15.0. The number of anilines is 2. The molecule has 2 atom stereocenters. The Morgan fingerprint density at radius 3 is 2.59 bits per heavy atom. The molecule has 2 bridgehead atoms. The Balaban J connectivity index is 1.20. The first-order valence-electron chi connectivity index (χ1n) is 13.1. The third-order valence-corrected chi connectivity index (χ3v) is 7.21. The SMILES string of the molecule is CCOc1c(Nc2ccc(-n3nccn3)cc2F)ncnc1OC1C2COCC1CN(C(=O)OC1(C)CC1)C2. The lowest BCUT2D eigenvalue weighted by Gasteiger charge is -2.46. The number of carbonyl (C=O) groups is 1. The van der Waals surface area contributed by atoms with Crippen molar-refractivity contribution in [2.75, 3.05) is 38.2 Å². The molecule has 2 aromatic heterocycles. The Bertz CT molecular complexity index is 1320. The summed E-state index contributed by atoms with van der Waals surface area (Å²) in [6, 6.07) is 4.59. The number of carbonyl (C=O) groups excluding carboxylic acids is 1. The Kier molecular flexibility index (Phi) is 6.67. The maximum absolute atomic E-state index is 15.0. The molecular weight excluding hydrogens is 509 g/mol. The van der Waals surface area contributed by atoms with Crippen LogP contribution in [-0.2, 0) is 9.47 Å². The van der Waals surface area contributed by atoms with E-state index < -0.39 is 5.82 Å². The van der Waals surface area contributed by atoms with Gasteiger partial charge < -0.3 is 29.2 Å². The van der Waals surface area contributed by atoms with Gasteiger partial charge in [0.25, 0.3) is 5.88 Å². The fourth-order valence-corrected chi connectivity index (χ4v) is 4.93. The van der Waals surface area contributed by atoms with Crippen LogP contribution in [0.4, 0.5) is 20.7 Å². The van der Waals surface area contributed by atoms with E-state index >= 15 is 0 Å². The zero-order valence-electron chi connectivity index (χ0n) is 21.7. The van der Waals surface area contributed by atoms with Crippen LogP contribution in [0.3, 0.4) is 0 Å². The molecule has 0 radical (unpaired) electrons. The van der Waals surface area contributed by atoms with Gasteiger partial charge in [-0.15, -0.1) is 0 Å². The second kappa shape index (κ2) is 10.3. The van der Waals surface area contributed by atoms with E-state index in [2.05, 4.69) is 25.5 Å². The average molecular weight is 540 g/mol. The number of nitrogens with zero attached hydrogens (tertiary/aromatic N) is 6. The van der Waals surface area contributed by atoms with Gasteiger partial charge in [-0.25, -0.2) is 14.2 Å². The highest BCUT2D eigenvalue weighted by Crippen LogP contribution is 2.41. The van der Waals surface area contributed by atoms with E-state index in [-0.39, 0.29) is 52.8 Å². The van der Waals surface area contributed by atoms with E-state index in [0.717, 1.165) is 12.8 Å². The van der Waals surface area contributed by atoms with Crippen molar-refractivity contribution in [1.29, 1.82) is 0 Å². The number of ether oxygens (including phenoxy) is 4. The van der Waals surface area contributed by atoms with Gasteiger partial charge in [-0.1, -0.05) is 0 Å². The summed E-state index contributed by atoms with van der Waals surface area (Å²) in [4.78, 5) is 24.5. The molecule has 2 saturated heterocycles. The Hall–Kier alpha value is -4.00. The van der Waals surface area contributed by atoms with Crippen LogP contribution in [0.1, 0.15) is 26.7 Å². The minimum Gasteiger partial charge on any atom is -0.486 e. The van der Waals surface area contributed by atoms with Crippen LogP contribution in [0.2, 0.25) is 0 Å². The highest BCUT2D eigenvalue weighted by molar-refractivity contribution is 5.69. The van der Waals surface area contributed by atoms with E-state index in [9.17, 15) is 9.18 Å². The molecule has 0 spiro atoms. The molecule has 1 aromatic carbocycles. The lowest BCUT2D eigenvalue weighted by molar-refractivity contribution is -0.112. The number of rotatable bonds is 8. The van der Waals surface area contributed by atoms with Gasteiger partial charge in [0.05, 0.1) is 43.6 Å². The topological polar surface area (TPSA) is 126 Å². The second-order valence-electron chi connectivity index (χ2n) is 10.3. The van der Waals surface area contributed by atoms with Crippen LogP contribution >= 0.6 is 0 Å². The number of halogens is 1.